The monoisotopic (exact) mass is 1330 g/mol. The van der Waals surface area contributed by atoms with Crippen molar-refractivity contribution in [1.29, 1.82) is 0 Å². The molecule has 0 amide bonds. The second-order valence-electron chi connectivity index (χ2n) is 24.9. The van der Waals surface area contributed by atoms with Gasteiger partial charge in [-0.25, -0.2) is 0 Å². The van der Waals surface area contributed by atoms with Crippen molar-refractivity contribution in [2.75, 3.05) is 33.0 Å². The number of carbonyl (C=O) groups is 1. The maximum Gasteiger partial charge on any atom is 0.460 e. The van der Waals surface area contributed by atoms with Gasteiger partial charge in [-0.1, -0.05) is 227 Å². The van der Waals surface area contributed by atoms with E-state index in [1.807, 2.05) is 18.2 Å². The third kappa shape index (κ3) is 23.5. The third-order valence-corrected chi connectivity index (χ3v) is 17.0. The Morgan fingerprint density at radius 1 is 0.283 bits per heavy atom. The Bertz CT molecular complexity index is 2680. The summed E-state index contributed by atoms with van der Waals surface area (Å²) in [6, 6.07) is 10.3. The molecule has 0 aromatic heterocycles. The third-order valence-electron chi connectivity index (χ3n) is 17.0. The lowest BCUT2D eigenvalue weighted by atomic mass is 9.92. The molecule has 0 atom stereocenters. The summed E-state index contributed by atoms with van der Waals surface area (Å²) >= 11 is 0. The first kappa shape index (κ1) is 79.7. The fourth-order valence-corrected chi connectivity index (χ4v) is 11.3. The predicted octanol–water partition coefficient (Wildman–Crippen LogP) is 25.2. The van der Waals surface area contributed by atoms with Crippen molar-refractivity contribution in [3.63, 3.8) is 0 Å². The first-order valence-corrected chi connectivity index (χ1v) is 34.7. The molecule has 0 unspecified atom stereocenters. The molecule has 4 aromatic carbocycles. The van der Waals surface area contributed by atoms with E-state index in [2.05, 4.69) is 34.6 Å². The highest BCUT2D eigenvalue weighted by Gasteiger charge is 2.90. The Labute approximate surface area is 538 Å². The zero-order valence-electron chi connectivity index (χ0n) is 55.4. The SMILES string of the molecule is CCCCCCCCCOc1cc2c3cc(OCCCCCCCCC)c(OCCCCCCCCC)cc3c3cc(OC(=O)CCC(F)(F)C(F)(F)C(F)(F)C(F)(F)C(F)(F)C(F)(F)F)c(OCCCCCCCCC)cc3c2cc1OCCCCCCCCC. The molecule has 0 aliphatic rings. The molecule has 0 aliphatic heterocycles. The second-order valence-corrected chi connectivity index (χ2v) is 24.9. The molecule has 4 rings (SSSR count). The molecule has 0 bridgehead atoms. The summed E-state index contributed by atoms with van der Waals surface area (Å²) in [6.07, 6.45) is 23.0. The van der Waals surface area contributed by atoms with Crippen molar-refractivity contribution in [1.82, 2.24) is 0 Å². The molecule has 20 heteroatoms. The van der Waals surface area contributed by atoms with E-state index in [4.69, 9.17) is 28.4 Å². The first-order valence-electron chi connectivity index (χ1n) is 34.7. The van der Waals surface area contributed by atoms with Crippen LogP contribution in [0, 0.1) is 0 Å². The molecular weight excluding hydrogens is 1220 g/mol. The summed E-state index contributed by atoms with van der Waals surface area (Å²) in [6.45, 7) is 12.2. The Hall–Kier alpha value is -4.78. The van der Waals surface area contributed by atoms with Crippen LogP contribution in [0.3, 0.4) is 0 Å². The molecular formula is C72H105F13O7. The van der Waals surface area contributed by atoms with Gasteiger partial charge in [0.2, 0.25) is 0 Å². The molecule has 526 valence electrons. The quantitative estimate of drug-likeness (QED) is 0.0143. The van der Waals surface area contributed by atoms with Gasteiger partial charge in [0.15, 0.2) is 34.5 Å². The molecule has 0 saturated heterocycles. The minimum Gasteiger partial charge on any atom is -0.490 e. The summed E-state index contributed by atoms with van der Waals surface area (Å²) in [5, 5.41) is 3.26. The van der Waals surface area contributed by atoms with Gasteiger partial charge < -0.3 is 28.4 Å². The highest BCUT2D eigenvalue weighted by atomic mass is 19.4. The van der Waals surface area contributed by atoms with Crippen LogP contribution < -0.4 is 28.4 Å². The number of ether oxygens (including phenoxy) is 6. The van der Waals surface area contributed by atoms with Crippen LogP contribution in [0.25, 0.3) is 32.3 Å². The normalized spacial score (nSPS) is 12.8. The van der Waals surface area contributed by atoms with Gasteiger partial charge in [0.05, 0.1) is 39.5 Å². The highest BCUT2D eigenvalue weighted by molar-refractivity contribution is 6.27. The van der Waals surface area contributed by atoms with E-state index in [0.717, 1.165) is 205 Å². The van der Waals surface area contributed by atoms with Crippen molar-refractivity contribution in [2.45, 2.75) is 308 Å². The summed E-state index contributed by atoms with van der Waals surface area (Å²) in [5.74, 6) is -38.7. The van der Waals surface area contributed by atoms with Gasteiger partial charge in [0.25, 0.3) is 0 Å². The van der Waals surface area contributed by atoms with E-state index in [9.17, 15) is 53.1 Å². The number of alkyl halides is 13. The van der Waals surface area contributed by atoms with Gasteiger partial charge in [-0.2, -0.15) is 57.1 Å². The number of unbranched alkanes of at least 4 members (excludes halogenated alkanes) is 30. The summed E-state index contributed by atoms with van der Waals surface area (Å²) in [4.78, 5) is 13.7. The van der Waals surface area contributed by atoms with Crippen molar-refractivity contribution >= 4 is 38.3 Å². The Balaban J connectivity index is 1.97. The highest BCUT2D eigenvalue weighted by Crippen LogP contribution is 2.61. The molecule has 0 radical (unpaired) electrons. The number of hydrogen-bond donors (Lipinski definition) is 0. The van der Waals surface area contributed by atoms with E-state index in [-0.39, 0.29) is 12.4 Å². The average molecular weight is 1330 g/mol. The topological polar surface area (TPSA) is 72.5 Å². The van der Waals surface area contributed by atoms with Crippen LogP contribution in [0.4, 0.5) is 57.1 Å². The van der Waals surface area contributed by atoms with Gasteiger partial charge in [-0.15, -0.1) is 0 Å². The maximum atomic E-state index is 15.2. The van der Waals surface area contributed by atoms with E-state index in [1.54, 1.807) is 12.1 Å². The summed E-state index contributed by atoms with van der Waals surface area (Å²) in [5.41, 5.74) is 0. The maximum absolute atomic E-state index is 15.2. The number of hydrogen-bond acceptors (Lipinski definition) is 7. The molecule has 4 aromatic rings. The Kier molecular flexibility index (Phi) is 35.1. The molecule has 92 heavy (non-hydrogen) atoms. The van der Waals surface area contributed by atoms with Crippen LogP contribution in [-0.4, -0.2) is 74.8 Å². The van der Waals surface area contributed by atoms with E-state index >= 15 is 8.78 Å². The van der Waals surface area contributed by atoms with Crippen molar-refractivity contribution in [3.8, 4) is 34.5 Å². The number of halogens is 13. The zero-order valence-corrected chi connectivity index (χ0v) is 55.4. The molecule has 0 fully saturated rings. The number of rotatable bonds is 53. The van der Waals surface area contributed by atoms with Crippen molar-refractivity contribution < 1.29 is 90.3 Å². The number of benzene rings is 4. The van der Waals surface area contributed by atoms with Gasteiger partial charge in [0, 0.05) is 6.42 Å². The minimum absolute atomic E-state index is 0.0188. The van der Waals surface area contributed by atoms with Crippen LogP contribution in [0.1, 0.15) is 272 Å². The van der Waals surface area contributed by atoms with E-state index in [0.29, 0.717) is 94.6 Å². The number of carbonyl (C=O) groups excluding carboxylic acids is 1. The molecule has 0 saturated carbocycles. The number of fused-ring (bicyclic) bond motifs is 6. The van der Waals surface area contributed by atoms with Gasteiger partial charge in [-0.05, 0) is 101 Å². The van der Waals surface area contributed by atoms with Crippen LogP contribution in [0.5, 0.6) is 34.5 Å². The van der Waals surface area contributed by atoms with Crippen LogP contribution in [0.15, 0.2) is 36.4 Å². The summed E-state index contributed by atoms with van der Waals surface area (Å²) < 4.78 is 222. The molecule has 0 aliphatic carbocycles. The lowest BCUT2D eigenvalue weighted by molar-refractivity contribution is -0.440. The molecule has 0 spiro atoms. The number of esters is 1. The molecule has 7 nitrogen and oxygen atoms in total. The fourth-order valence-electron chi connectivity index (χ4n) is 11.3. The van der Waals surface area contributed by atoms with Crippen LogP contribution in [-0.2, 0) is 4.79 Å². The zero-order chi connectivity index (χ0) is 67.7. The Morgan fingerprint density at radius 2 is 0.489 bits per heavy atom. The molecule has 0 heterocycles. The lowest BCUT2D eigenvalue weighted by Crippen LogP contribution is -2.70. The van der Waals surface area contributed by atoms with Crippen LogP contribution in [0.2, 0.25) is 0 Å². The largest absolute Gasteiger partial charge is 0.490 e. The standard InChI is InChI=1S/C72H105F13O7/c1-6-11-16-21-26-31-36-43-87-60-48-54-55-49-61(88-44-37-32-27-22-17-12-7-2)63(90-46-39-34-29-24-19-14-9-4)51-57(55)59-53-65(92-66(86)41-42-67(73,74)68(75,76)69(77,78)70(79,80)71(81,82)72(83,84)85)64(91-47-40-35-30-25-20-15-10-5)52-58(59)56(54)50-62(60)89-45-38-33-28-23-18-13-8-3/h48-53H,6-47H2,1-5H3. The minimum atomic E-state index is -8.08. The van der Waals surface area contributed by atoms with Gasteiger partial charge in [0.1, 0.15) is 0 Å². The predicted molar refractivity (Wildman–Crippen MR) is 342 cm³/mol. The first-order chi connectivity index (χ1) is 43.9. The fraction of sp³-hybridized carbons (Fsp3) is 0.736. The summed E-state index contributed by atoms with van der Waals surface area (Å²) in [7, 11) is 0. The molecule has 0 N–H and O–H groups in total. The van der Waals surface area contributed by atoms with Crippen LogP contribution >= 0.6 is 0 Å². The smallest absolute Gasteiger partial charge is 0.460 e. The lowest BCUT2D eigenvalue weighted by Gasteiger charge is -2.39. The second kappa shape index (κ2) is 40.6. The van der Waals surface area contributed by atoms with E-state index in [1.165, 1.54) is 12.5 Å². The van der Waals surface area contributed by atoms with E-state index < -0.39 is 60.3 Å². The van der Waals surface area contributed by atoms with Gasteiger partial charge in [-0.3, -0.25) is 4.79 Å². The van der Waals surface area contributed by atoms with Gasteiger partial charge >= 0.3 is 41.8 Å². The van der Waals surface area contributed by atoms with Crippen molar-refractivity contribution in [3.05, 3.63) is 36.4 Å². The average Bonchev–Trinajstić information content (AvgIpc) is 0.725. The Morgan fingerprint density at radius 3 is 0.728 bits per heavy atom. The van der Waals surface area contributed by atoms with Crippen molar-refractivity contribution in [2.24, 2.45) is 0 Å².